The zero-order valence-corrected chi connectivity index (χ0v) is 16.0. The molecule has 0 atom stereocenters. The molecular weight excluding hydrogens is 368 g/mol. The number of hydrogen-bond donors (Lipinski definition) is 2. The van der Waals surface area contributed by atoms with E-state index in [1.807, 2.05) is 73.0 Å². The highest BCUT2D eigenvalue weighted by molar-refractivity contribution is 7.14. The number of carbonyl (C=O) groups is 1. The van der Waals surface area contributed by atoms with Crippen LogP contribution in [0.3, 0.4) is 0 Å². The van der Waals surface area contributed by atoms with Crippen LogP contribution in [0.15, 0.2) is 78.4 Å². The van der Waals surface area contributed by atoms with Gasteiger partial charge in [0.15, 0.2) is 5.13 Å². The zero-order valence-electron chi connectivity index (χ0n) is 15.2. The van der Waals surface area contributed by atoms with Gasteiger partial charge in [-0.3, -0.25) is 9.78 Å². The molecule has 5 nitrogen and oxygen atoms in total. The molecule has 4 rings (SSSR count). The Labute approximate surface area is 167 Å². The minimum absolute atomic E-state index is 0.147. The summed E-state index contributed by atoms with van der Waals surface area (Å²) >= 11 is 1.52. The summed E-state index contributed by atoms with van der Waals surface area (Å²) < 4.78 is 0. The van der Waals surface area contributed by atoms with Gasteiger partial charge in [-0.25, -0.2) is 4.98 Å². The lowest BCUT2D eigenvalue weighted by Crippen LogP contribution is -2.12. The van der Waals surface area contributed by atoms with Crippen LogP contribution in [0.1, 0.15) is 15.9 Å². The summed E-state index contributed by atoms with van der Waals surface area (Å²) in [7, 11) is 0. The van der Waals surface area contributed by atoms with E-state index in [0.29, 0.717) is 5.56 Å². The maximum atomic E-state index is 12.6. The summed E-state index contributed by atoms with van der Waals surface area (Å²) in [6.45, 7) is 2.00. The average Bonchev–Trinajstić information content (AvgIpc) is 3.19. The fourth-order valence-electron chi connectivity index (χ4n) is 2.72. The van der Waals surface area contributed by atoms with Crippen LogP contribution in [0.2, 0.25) is 0 Å². The van der Waals surface area contributed by atoms with Gasteiger partial charge in [0.25, 0.3) is 5.91 Å². The number of carbonyl (C=O) groups excluding carboxylic acids is 1. The second kappa shape index (κ2) is 8.02. The molecule has 0 radical (unpaired) electrons. The van der Waals surface area contributed by atoms with Gasteiger partial charge in [-0.05, 0) is 48.9 Å². The number of nitrogens with one attached hydrogen (secondary N) is 2. The number of amides is 1. The first-order chi connectivity index (χ1) is 13.7. The maximum Gasteiger partial charge on any atom is 0.255 e. The third-order valence-corrected chi connectivity index (χ3v) is 5.01. The van der Waals surface area contributed by atoms with E-state index >= 15 is 0 Å². The van der Waals surface area contributed by atoms with Crippen molar-refractivity contribution in [2.45, 2.75) is 6.92 Å². The average molecular weight is 386 g/mol. The summed E-state index contributed by atoms with van der Waals surface area (Å²) in [5.74, 6) is -0.147. The third-order valence-electron chi connectivity index (χ3n) is 4.25. The number of pyridine rings is 1. The van der Waals surface area contributed by atoms with Gasteiger partial charge >= 0.3 is 0 Å². The molecule has 0 saturated carbocycles. The number of benzene rings is 2. The Bertz CT molecular complexity index is 1090. The summed E-state index contributed by atoms with van der Waals surface area (Å²) in [4.78, 5) is 21.2. The smallest absolute Gasteiger partial charge is 0.255 e. The highest BCUT2D eigenvalue weighted by atomic mass is 32.1. The van der Waals surface area contributed by atoms with Crippen molar-refractivity contribution in [3.63, 3.8) is 0 Å². The molecule has 0 bridgehead atoms. The number of anilines is 3. The van der Waals surface area contributed by atoms with Crippen LogP contribution < -0.4 is 10.6 Å². The number of thiazole rings is 1. The Hall–Kier alpha value is -3.51. The van der Waals surface area contributed by atoms with Crippen molar-refractivity contribution >= 4 is 33.8 Å². The van der Waals surface area contributed by atoms with E-state index in [2.05, 4.69) is 20.6 Å². The number of aryl methyl sites for hydroxylation is 1. The van der Waals surface area contributed by atoms with E-state index in [9.17, 15) is 4.79 Å². The predicted octanol–water partition coefficient (Wildman–Crippen LogP) is 5.51. The van der Waals surface area contributed by atoms with E-state index in [1.54, 1.807) is 12.4 Å². The number of nitrogens with zero attached hydrogens (tertiary/aromatic N) is 2. The van der Waals surface area contributed by atoms with Gasteiger partial charge in [-0.2, -0.15) is 0 Å². The molecule has 0 fully saturated rings. The first-order valence-electron chi connectivity index (χ1n) is 8.79. The SMILES string of the molecule is Cc1ccc(C(=O)Nc2ccccc2)cc1Nc1nc(-c2ccncc2)cs1. The van der Waals surface area contributed by atoms with Gasteiger partial charge < -0.3 is 10.6 Å². The van der Waals surface area contributed by atoms with Gasteiger partial charge in [0.05, 0.1) is 5.69 Å². The molecular formula is C22H18N4OS. The van der Waals surface area contributed by atoms with E-state index < -0.39 is 0 Å². The van der Waals surface area contributed by atoms with Crippen molar-refractivity contribution in [1.82, 2.24) is 9.97 Å². The van der Waals surface area contributed by atoms with Crippen LogP contribution in [0.25, 0.3) is 11.3 Å². The molecule has 2 aromatic carbocycles. The first-order valence-corrected chi connectivity index (χ1v) is 9.67. The van der Waals surface area contributed by atoms with Crippen molar-refractivity contribution in [2.24, 2.45) is 0 Å². The van der Waals surface area contributed by atoms with Crippen LogP contribution in [-0.2, 0) is 0 Å². The first kappa shape index (κ1) is 17.9. The normalized spacial score (nSPS) is 10.5. The van der Waals surface area contributed by atoms with Gasteiger partial charge in [0, 0.05) is 40.3 Å². The van der Waals surface area contributed by atoms with Crippen molar-refractivity contribution in [2.75, 3.05) is 10.6 Å². The number of aromatic nitrogens is 2. The highest BCUT2D eigenvalue weighted by Crippen LogP contribution is 2.28. The second-order valence-corrected chi connectivity index (χ2v) is 7.11. The molecule has 0 saturated heterocycles. The molecule has 0 aliphatic rings. The van der Waals surface area contributed by atoms with Crippen molar-refractivity contribution in [3.05, 3.63) is 89.6 Å². The van der Waals surface area contributed by atoms with Gasteiger partial charge in [-0.15, -0.1) is 11.3 Å². The molecule has 6 heteroatoms. The summed E-state index contributed by atoms with van der Waals surface area (Å²) in [5, 5.41) is 9.01. The molecule has 0 unspecified atom stereocenters. The van der Waals surface area contributed by atoms with Crippen LogP contribution in [0.4, 0.5) is 16.5 Å². The summed E-state index contributed by atoms with van der Waals surface area (Å²) in [6, 6.07) is 18.9. The molecule has 2 N–H and O–H groups in total. The standard InChI is InChI=1S/C22H18N4OS/c1-15-7-8-17(21(27)24-18-5-3-2-4-6-18)13-19(15)25-22-26-20(14-28-22)16-9-11-23-12-10-16/h2-14H,1H3,(H,24,27)(H,25,26). The Morgan fingerprint density at radius 1 is 1.00 bits per heavy atom. The van der Waals surface area contributed by atoms with Crippen molar-refractivity contribution < 1.29 is 4.79 Å². The minimum atomic E-state index is -0.147. The van der Waals surface area contributed by atoms with E-state index in [-0.39, 0.29) is 5.91 Å². The van der Waals surface area contributed by atoms with E-state index in [4.69, 9.17) is 0 Å². The van der Waals surface area contributed by atoms with Crippen molar-refractivity contribution in [3.8, 4) is 11.3 Å². The summed E-state index contributed by atoms with van der Waals surface area (Å²) in [6.07, 6.45) is 3.50. The Morgan fingerprint density at radius 3 is 2.57 bits per heavy atom. The molecule has 2 aromatic heterocycles. The van der Waals surface area contributed by atoms with Gasteiger partial charge in [-0.1, -0.05) is 24.3 Å². The quantitative estimate of drug-likeness (QED) is 0.475. The zero-order chi connectivity index (χ0) is 19.3. The lowest BCUT2D eigenvalue weighted by Gasteiger charge is -2.10. The van der Waals surface area contributed by atoms with Crippen LogP contribution in [0, 0.1) is 6.92 Å². The highest BCUT2D eigenvalue weighted by Gasteiger charge is 2.11. The molecule has 0 spiro atoms. The molecule has 28 heavy (non-hydrogen) atoms. The predicted molar refractivity (Wildman–Crippen MR) is 114 cm³/mol. The van der Waals surface area contributed by atoms with Gasteiger partial charge in [0.1, 0.15) is 0 Å². The molecule has 1 amide bonds. The maximum absolute atomic E-state index is 12.6. The summed E-state index contributed by atoms with van der Waals surface area (Å²) in [5.41, 5.74) is 5.16. The number of rotatable bonds is 5. The monoisotopic (exact) mass is 386 g/mol. The molecule has 4 aromatic rings. The van der Waals surface area contributed by atoms with E-state index in [0.717, 1.165) is 33.3 Å². The van der Waals surface area contributed by atoms with Crippen LogP contribution >= 0.6 is 11.3 Å². The molecule has 0 aliphatic heterocycles. The van der Waals surface area contributed by atoms with Crippen LogP contribution in [0.5, 0.6) is 0 Å². The minimum Gasteiger partial charge on any atom is -0.331 e. The second-order valence-electron chi connectivity index (χ2n) is 6.25. The fourth-order valence-corrected chi connectivity index (χ4v) is 3.46. The molecule has 138 valence electrons. The Morgan fingerprint density at radius 2 is 1.79 bits per heavy atom. The Kier molecular flexibility index (Phi) is 5.12. The largest absolute Gasteiger partial charge is 0.331 e. The molecule has 2 heterocycles. The third kappa shape index (κ3) is 4.07. The van der Waals surface area contributed by atoms with Crippen molar-refractivity contribution in [1.29, 1.82) is 0 Å². The Balaban J connectivity index is 1.53. The fraction of sp³-hybridized carbons (Fsp3) is 0.0455. The lowest BCUT2D eigenvalue weighted by atomic mass is 10.1. The topological polar surface area (TPSA) is 66.9 Å². The van der Waals surface area contributed by atoms with Crippen LogP contribution in [-0.4, -0.2) is 15.9 Å². The van der Waals surface area contributed by atoms with Gasteiger partial charge in [0.2, 0.25) is 0 Å². The number of hydrogen-bond acceptors (Lipinski definition) is 5. The lowest BCUT2D eigenvalue weighted by molar-refractivity contribution is 0.102. The molecule has 0 aliphatic carbocycles. The van der Waals surface area contributed by atoms with E-state index in [1.165, 1.54) is 11.3 Å². The number of para-hydroxylation sites is 1.